The summed E-state index contributed by atoms with van der Waals surface area (Å²) in [6, 6.07) is 5.64. The van der Waals surface area contributed by atoms with Gasteiger partial charge in [-0.3, -0.25) is 9.78 Å². The van der Waals surface area contributed by atoms with Crippen molar-refractivity contribution in [2.45, 2.75) is 25.5 Å². The highest BCUT2D eigenvalue weighted by molar-refractivity contribution is 5.80. The van der Waals surface area contributed by atoms with Crippen LogP contribution in [0.5, 0.6) is 0 Å². The Kier molecular flexibility index (Phi) is 3.29. The van der Waals surface area contributed by atoms with Gasteiger partial charge in [0.25, 0.3) is 0 Å². The van der Waals surface area contributed by atoms with E-state index in [4.69, 9.17) is 4.74 Å². The van der Waals surface area contributed by atoms with Crippen LogP contribution in [-0.2, 0) is 16.1 Å². The van der Waals surface area contributed by atoms with Crippen LogP contribution in [0.15, 0.2) is 24.4 Å². The van der Waals surface area contributed by atoms with E-state index in [9.17, 15) is 4.79 Å². The molecular weight excluding hydrogens is 192 g/mol. The van der Waals surface area contributed by atoms with Gasteiger partial charge in [-0.25, -0.2) is 0 Å². The average molecular weight is 206 g/mol. The fraction of sp³-hybridized carbons (Fsp3) is 0.455. The highest BCUT2D eigenvalue weighted by Crippen LogP contribution is 2.11. The highest BCUT2D eigenvalue weighted by Gasteiger charge is 2.22. The molecule has 0 radical (unpaired) electrons. The van der Waals surface area contributed by atoms with E-state index in [1.54, 1.807) is 6.20 Å². The molecule has 1 N–H and O–H groups in total. The zero-order valence-corrected chi connectivity index (χ0v) is 8.48. The first kappa shape index (κ1) is 10.1. The molecule has 1 aliphatic rings. The molecule has 1 fully saturated rings. The summed E-state index contributed by atoms with van der Waals surface area (Å²) in [4.78, 5) is 15.7. The van der Waals surface area contributed by atoms with Crippen LogP contribution < -0.4 is 5.32 Å². The molecule has 0 saturated carbocycles. The largest absolute Gasteiger partial charge is 0.368 e. The first-order valence-corrected chi connectivity index (χ1v) is 5.15. The van der Waals surface area contributed by atoms with Gasteiger partial charge in [0.05, 0.1) is 12.2 Å². The summed E-state index contributed by atoms with van der Waals surface area (Å²) in [5, 5.41) is 2.81. The highest BCUT2D eigenvalue weighted by atomic mass is 16.5. The Hall–Kier alpha value is -1.42. The van der Waals surface area contributed by atoms with Gasteiger partial charge in [0, 0.05) is 12.8 Å². The van der Waals surface area contributed by atoms with Crippen molar-refractivity contribution >= 4 is 5.91 Å². The standard InChI is InChI=1S/C11H14N2O2/c14-11(10-5-3-7-15-10)13-8-9-4-1-2-6-12-9/h1-2,4,6,10H,3,5,7-8H2,(H,13,14). The summed E-state index contributed by atoms with van der Waals surface area (Å²) >= 11 is 0. The molecule has 2 rings (SSSR count). The van der Waals surface area contributed by atoms with Crippen LogP contribution in [0.1, 0.15) is 18.5 Å². The number of hydrogen-bond acceptors (Lipinski definition) is 3. The monoisotopic (exact) mass is 206 g/mol. The Morgan fingerprint density at radius 1 is 1.60 bits per heavy atom. The number of hydrogen-bond donors (Lipinski definition) is 1. The molecule has 1 aliphatic heterocycles. The molecule has 1 amide bonds. The van der Waals surface area contributed by atoms with Crippen LogP contribution in [0.25, 0.3) is 0 Å². The van der Waals surface area contributed by atoms with Gasteiger partial charge in [-0.1, -0.05) is 6.07 Å². The molecule has 1 aromatic heterocycles. The third-order valence-corrected chi connectivity index (χ3v) is 2.39. The zero-order valence-electron chi connectivity index (χ0n) is 8.48. The van der Waals surface area contributed by atoms with Gasteiger partial charge in [0.1, 0.15) is 6.10 Å². The molecule has 4 nitrogen and oxygen atoms in total. The molecule has 0 bridgehead atoms. The Balaban J connectivity index is 1.80. The van der Waals surface area contributed by atoms with Crippen molar-refractivity contribution in [3.8, 4) is 0 Å². The summed E-state index contributed by atoms with van der Waals surface area (Å²) in [6.07, 6.45) is 3.26. The van der Waals surface area contributed by atoms with Crippen molar-refractivity contribution in [2.75, 3.05) is 6.61 Å². The Bertz CT molecular complexity index is 321. The smallest absolute Gasteiger partial charge is 0.249 e. The van der Waals surface area contributed by atoms with Gasteiger partial charge in [-0.05, 0) is 25.0 Å². The van der Waals surface area contributed by atoms with Crippen molar-refractivity contribution in [3.05, 3.63) is 30.1 Å². The minimum Gasteiger partial charge on any atom is -0.368 e. The molecule has 1 aromatic rings. The van der Waals surface area contributed by atoms with Crippen molar-refractivity contribution in [1.82, 2.24) is 10.3 Å². The Morgan fingerprint density at radius 2 is 2.53 bits per heavy atom. The van der Waals surface area contributed by atoms with E-state index in [2.05, 4.69) is 10.3 Å². The summed E-state index contributed by atoms with van der Waals surface area (Å²) in [6.45, 7) is 1.17. The predicted octanol–water partition coefficient (Wildman–Crippen LogP) is 0.877. The summed E-state index contributed by atoms with van der Waals surface area (Å²) in [7, 11) is 0. The second-order valence-electron chi connectivity index (χ2n) is 3.54. The predicted molar refractivity (Wildman–Crippen MR) is 55.1 cm³/mol. The first-order valence-electron chi connectivity index (χ1n) is 5.15. The fourth-order valence-electron chi connectivity index (χ4n) is 1.58. The zero-order chi connectivity index (χ0) is 10.5. The second-order valence-corrected chi connectivity index (χ2v) is 3.54. The SMILES string of the molecule is O=C(NCc1ccccn1)C1CCCO1. The molecule has 15 heavy (non-hydrogen) atoms. The van der Waals surface area contributed by atoms with Gasteiger partial charge in [0.2, 0.25) is 5.91 Å². The van der Waals surface area contributed by atoms with E-state index in [1.807, 2.05) is 18.2 Å². The summed E-state index contributed by atoms with van der Waals surface area (Å²) < 4.78 is 5.27. The lowest BCUT2D eigenvalue weighted by molar-refractivity contribution is -0.130. The minimum absolute atomic E-state index is 0.0295. The summed E-state index contributed by atoms with van der Waals surface area (Å²) in [5.41, 5.74) is 0.865. The number of carbonyl (C=O) groups is 1. The average Bonchev–Trinajstić information content (AvgIpc) is 2.81. The van der Waals surface area contributed by atoms with Crippen molar-refractivity contribution in [3.63, 3.8) is 0 Å². The fourth-order valence-corrected chi connectivity index (χ4v) is 1.58. The van der Waals surface area contributed by atoms with Crippen LogP contribution in [0.3, 0.4) is 0 Å². The summed E-state index contributed by atoms with van der Waals surface area (Å²) in [5.74, 6) is -0.0295. The lowest BCUT2D eigenvalue weighted by Crippen LogP contribution is -2.33. The van der Waals surface area contributed by atoms with Gasteiger partial charge >= 0.3 is 0 Å². The molecule has 1 saturated heterocycles. The van der Waals surface area contributed by atoms with E-state index in [-0.39, 0.29) is 12.0 Å². The van der Waals surface area contributed by atoms with Crippen LogP contribution in [0.2, 0.25) is 0 Å². The number of rotatable bonds is 3. The maximum Gasteiger partial charge on any atom is 0.249 e. The lowest BCUT2D eigenvalue weighted by Gasteiger charge is -2.09. The van der Waals surface area contributed by atoms with Crippen molar-refractivity contribution in [2.24, 2.45) is 0 Å². The molecule has 0 aromatic carbocycles. The molecule has 2 heterocycles. The third kappa shape index (κ3) is 2.76. The maximum absolute atomic E-state index is 11.6. The topological polar surface area (TPSA) is 51.2 Å². The normalized spacial score (nSPS) is 20.1. The molecule has 80 valence electrons. The molecule has 1 atom stereocenters. The first-order chi connectivity index (χ1) is 7.36. The number of pyridine rings is 1. The van der Waals surface area contributed by atoms with Gasteiger partial charge in [-0.2, -0.15) is 0 Å². The Morgan fingerprint density at radius 3 is 3.20 bits per heavy atom. The van der Waals surface area contributed by atoms with E-state index < -0.39 is 0 Å². The van der Waals surface area contributed by atoms with Gasteiger partial charge in [-0.15, -0.1) is 0 Å². The van der Waals surface area contributed by atoms with E-state index in [0.717, 1.165) is 18.5 Å². The molecular formula is C11H14N2O2. The number of aromatic nitrogens is 1. The number of amides is 1. The van der Waals surface area contributed by atoms with Crippen LogP contribution in [0.4, 0.5) is 0 Å². The maximum atomic E-state index is 11.6. The van der Waals surface area contributed by atoms with Crippen molar-refractivity contribution < 1.29 is 9.53 Å². The second kappa shape index (κ2) is 4.89. The molecule has 0 spiro atoms. The van der Waals surface area contributed by atoms with Gasteiger partial charge < -0.3 is 10.1 Å². The van der Waals surface area contributed by atoms with Gasteiger partial charge in [0.15, 0.2) is 0 Å². The molecule has 0 aliphatic carbocycles. The lowest BCUT2D eigenvalue weighted by atomic mass is 10.2. The quantitative estimate of drug-likeness (QED) is 0.798. The molecule has 4 heteroatoms. The van der Waals surface area contributed by atoms with Crippen LogP contribution >= 0.6 is 0 Å². The van der Waals surface area contributed by atoms with E-state index >= 15 is 0 Å². The Labute approximate surface area is 88.7 Å². The number of nitrogens with one attached hydrogen (secondary N) is 1. The van der Waals surface area contributed by atoms with Crippen LogP contribution in [0, 0.1) is 0 Å². The number of ether oxygens (including phenoxy) is 1. The third-order valence-electron chi connectivity index (χ3n) is 2.39. The van der Waals surface area contributed by atoms with E-state index in [1.165, 1.54) is 0 Å². The van der Waals surface area contributed by atoms with Crippen molar-refractivity contribution in [1.29, 1.82) is 0 Å². The molecule has 1 unspecified atom stereocenters. The van der Waals surface area contributed by atoms with Crippen LogP contribution in [-0.4, -0.2) is 23.6 Å². The number of nitrogens with zero attached hydrogens (tertiary/aromatic N) is 1. The minimum atomic E-state index is -0.256. The number of carbonyl (C=O) groups excluding carboxylic acids is 1. The van der Waals surface area contributed by atoms with E-state index in [0.29, 0.717) is 13.2 Å².